The fourth-order valence-corrected chi connectivity index (χ4v) is 3.45. The summed E-state index contributed by atoms with van der Waals surface area (Å²) in [6, 6.07) is 12.1. The molecule has 1 aliphatic rings. The molecule has 7 heteroatoms. The topological polar surface area (TPSA) is 94.2 Å². The van der Waals surface area contributed by atoms with Crippen LogP contribution in [0.25, 0.3) is 10.8 Å². The molecule has 7 nitrogen and oxygen atoms in total. The Labute approximate surface area is 148 Å². The van der Waals surface area contributed by atoms with E-state index < -0.39 is 16.4 Å². The summed E-state index contributed by atoms with van der Waals surface area (Å²) in [7, 11) is 0. The molecule has 0 saturated heterocycles. The molecule has 0 atom stereocenters. The van der Waals surface area contributed by atoms with Crippen molar-refractivity contribution in [3.05, 3.63) is 80.3 Å². The number of hydrogen-bond donors (Lipinski definition) is 1. The number of hydrogen-bond acceptors (Lipinski definition) is 4. The first-order chi connectivity index (χ1) is 12.5. The van der Waals surface area contributed by atoms with E-state index in [2.05, 4.69) is 11.4 Å². The maximum atomic E-state index is 12.4. The Kier molecular flexibility index (Phi) is 3.76. The third-order valence-corrected chi connectivity index (χ3v) is 4.64. The van der Waals surface area contributed by atoms with Crippen molar-refractivity contribution >= 4 is 28.1 Å². The van der Waals surface area contributed by atoms with E-state index in [0.29, 0.717) is 5.69 Å². The number of anilines is 1. The Bertz CT molecular complexity index is 1110. The van der Waals surface area contributed by atoms with Gasteiger partial charge in [0.05, 0.1) is 11.1 Å². The predicted octanol–water partition coefficient (Wildman–Crippen LogP) is 2.65. The van der Waals surface area contributed by atoms with Crippen molar-refractivity contribution in [2.24, 2.45) is 0 Å². The van der Waals surface area contributed by atoms with E-state index >= 15 is 0 Å². The highest BCUT2D eigenvalue weighted by Gasteiger charge is 2.17. The molecule has 26 heavy (non-hydrogen) atoms. The number of rotatable bonds is 4. The molecular formula is C19H15N3O4. The number of aromatic nitrogens is 1. The van der Waals surface area contributed by atoms with Crippen LogP contribution in [0.4, 0.5) is 11.4 Å². The maximum absolute atomic E-state index is 12.4. The van der Waals surface area contributed by atoms with Crippen LogP contribution in [-0.2, 0) is 24.2 Å². The van der Waals surface area contributed by atoms with Gasteiger partial charge in [0, 0.05) is 23.2 Å². The number of carbonyl (C=O) groups excluding carboxylic acids is 1. The van der Waals surface area contributed by atoms with Gasteiger partial charge < -0.3 is 5.32 Å². The van der Waals surface area contributed by atoms with Gasteiger partial charge in [-0.05, 0) is 35.4 Å². The minimum absolute atomic E-state index is 0.234. The zero-order valence-electron chi connectivity index (χ0n) is 13.8. The Hall–Kier alpha value is -3.48. The van der Waals surface area contributed by atoms with Crippen LogP contribution in [0.3, 0.4) is 0 Å². The quantitative estimate of drug-likeness (QED) is 0.579. The summed E-state index contributed by atoms with van der Waals surface area (Å²) in [5.41, 5.74) is 2.51. The number of carbonyl (C=O) groups is 1. The van der Waals surface area contributed by atoms with Gasteiger partial charge in [0.15, 0.2) is 0 Å². The molecule has 3 aromatic rings. The first-order valence-electron chi connectivity index (χ1n) is 8.21. The van der Waals surface area contributed by atoms with Gasteiger partial charge >= 0.3 is 0 Å². The summed E-state index contributed by atoms with van der Waals surface area (Å²) in [5.74, 6) is -0.411. The van der Waals surface area contributed by atoms with E-state index in [1.54, 1.807) is 0 Å². The molecule has 0 aliphatic heterocycles. The van der Waals surface area contributed by atoms with E-state index in [9.17, 15) is 19.7 Å². The molecule has 1 N–H and O–H groups in total. The zero-order chi connectivity index (χ0) is 18.3. The molecular weight excluding hydrogens is 334 g/mol. The highest BCUT2D eigenvalue weighted by atomic mass is 16.6. The molecule has 4 rings (SSSR count). The smallest absolute Gasteiger partial charge is 0.285 e. The van der Waals surface area contributed by atoms with Crippen LogP contribution in [0.15, 0.2) is 53.5 Å². The van der Waals surface area contributed by atoms with Crippen LogP contribution in [-0.4, -0.2) is 15.4 Å². The van der Waals surface area contributed by atoms with Crippen molar-refractivity contribution in [2.45, 2.75) is 19.4 Å². The molecule has 0 fully saturated rings. The fourth-order valence-electron chi connectivity index (χ4n) is 3.45. The van der Waals surface area contributed by atoms with Crippen LogP contribution in [0.1, 0.15) is 11.1 Å². The number of aryl methyl sites for hydroxylation is 2. The summed E-state index contributed by atoms with van der Waals surface area (Å²) in [4.78, 5) is 34.5. The van der Waals surface area contributed by atoms with Crippen molar-refractivity contribution in [1.29, 1.82) is 0 Å². The molecule has 0 saturated carbocycles. The van der Waals surface area contributed by atoms with Crippen molar-refractivity contribution < 1.29 is 9.72 Å². The minimum Gasteiger partial charge on any atom is -0.324 e. The summed E-state index contributed by atoms with van der Waals surface area (Å²) in [6.07, 6.45) is 3.07. The molecule has 1 amide bonds. The van der Waals surface area contributed by atoms with Crippen molar-refractivity contribution in [3.63, 3.8) is 0 Å². The number of nitrogens with one attached hydrogen (secondary N) is 1. The lowest BCUT2D eigenvalue weighted by Gasteiger charge is -2.11. The first-order valence-corrected chi connectivity index (χ1v) is 8.21. The van der Waals surface area contributed by atoms with E-state index in [4.69, 9.17) is 0 Å². The van der Waals surface area contributed by atoms with Crippen LogP contribution in [0.2, 0.25) is 0 Å². The molecule has 0 spiro atoms. The average Bonchev–Trinajstić information content (AvgIpc) is 3.04. The number of amides is 1. The van der Waals surface area contributed by atoms with Gasteiger partial charge in [-0.2, -0.15) is 0 Å². The van der Waals surface area contributed by atoms with Gasteiger partial charge in [0.2, 0.25) is 5.91 Å². The zero-order valence-corrected chi connectivity index (χ0v) is 13.8. The summed E-state index contributed by atoms with van der Waals surface area (Å²) in [5, 5.41) is 15.8. The van der Waals surface area contributed by atoms with E-state index in [-0.39, 0.29) is 12.2 Å². The lowest BCUT2D eigenvalue weighted by molar-refractivity contribution is -0.385. The molecule has 2 aromatic carbocycles. The first kappa shape index (κ1) is 16.0. The number of pyridine rings is 1. The SMILES string of the molecule is O=C(Cn1cc([N+](=O)[O-])ccc1=O)Nc1ccc2c3c(cccc13)CC2. The Morgan fingerprint density at radius 3 is 2.65 bits per heavy atom. The van der Waals surface area contributed by atoms with Crippen LogP contribution in [0.5, 0.6) is 0 Å². The Morgan fingerprint density at radius 2 is 1.88 bits per heavy atom. The lowest BCUT2D eigenvalue weighted by Crippen LogP contribution is -2.27. The van der Waals surface area contributed by atoms with E-state index in [1.165, 1.54) is 16.5 Å². The van der Waals surface area contributed by atoms with Crippen molar-refractivity contribution in [2.75, 3.05) is 5.32 Å². The minimum atomic E-state index is -0.600. The second-order valence-corrected chi connectivity index (χ2v) is 6.27. The Morgan fingerprint density at radius 1 is 1.12 bits per heavy atom. The lowest BCUT2D eigenvalue weighted by atomic mass is 10.0. The van der Waals surface area contributed by atoms with Gasteiger partial charge in [0.1, 0.15) is 6.54 Å². The molecule has 1 aliphatic carbocycles. The Balaban J connectivity index is 1.62. The molecule has 0 unspecified atom stereocenters. The third kappa shape index (κ3) is 2.73. The summed E-state index contributed by atoms with van der Waals surface area (Å²) in [6.45, 7) is -0.288. The largest absolute Gasteiger partial charge is 0.324 e. The van der Waals surface area contributed by atoms with Crippen molar-refractivity contribution in [1.82, 2.24) is 4.57 Å². The predicted molar refractivity (Wildman–Crippen MR) is 97.3 cm³/mol. The van der Waals surface area contributed by atoms with Crippen molar-refractivity contribution in [3.8, 4) is 0 Å². The second kappa shape index (κ2) is 6.11. The number of benzene rings is 2. The highest BCUT2D eigenvalue weighted by Crippen LogP contribution is 2.34. The molecule has 1 heterocycles. The van der Waals surface area contributed by atoms with Gasteiger partial charge in [-0.15, -0.1) is 0 Å². The monoisotopic (exact) mass is 349 g/mol. The second-order valence-electron chi connectivity index (χ2n) is 6.27. The van der Waals surface area contributed by atoms with Gasteiger partial charge in [0.25, 0.3) is 11.2 Å². The molecule has 0 bridgehead atoms. The fraction of sp³-hybridized carbons (Fsp3) is 0.158. The normalized spacial score (nSPS) is 12.3. The van der Waals surface area contributed by atoms with E-state index in [0.717, 1.165) is 41.1 Å². The molecule has 1 aromatic heterocycles. The highest BCUT2D eigenvalue weighted by molar-refractivity contribution is 6.05. The summed E-state index contributed by atoms with van der Waals surface area (Å²) < 4.78 is 1.04. The number of nitro groups is 1. The van der Waals surface area contributed by atoms with Gasteiger partial charge in [-0.1, -0.05) is 24.3 Å². The third-order valence-electron chi connectivity index (χ3n) is 4.64. The molecule has 130 valence electrons. The van der Waals surface area contributed by atoms with Gasteiger partial charge in [-0.25, -0.2) is 0 Å². The average molecular weight is 349 g/mol. The summed E-state index contributed by atoms with van der Waals surface area (Å²) >= 11 is 0. The standard InChI is InChI=1S/C19H15N3O4/c23-17(11-21-10-14(22(25)26)7-9-18(21)24)20-16-8-6-13-5-4-12-2-1-3-15(16)19(12)13/h1-3,6-10H,4-5,11H2,(H,20,23). The van der Waals surface area contributed by atoms with Crippen LogP contribution < -0.4 is 10.9 Å². The van der Waals surface area contributed by atoms with E-state index in [1.807, 2.05) is 24.3 Å². The maximum Gasteiger partial charge on any atom is 0.285 e. The van der Waals surface area contributed by atoms with Gasteiger partial charge in [-0.3, -0.25) is 24.3 Å². The molecule has 0 radical (unpaired) electrons. The van der Waals surface area contributed by atoms with Crippen LogP contribution >= 0.6 is 0 Å². The van der Waals surface area contributed by atoms with Crippen LogP contribution in [0, 0.1) is 10.1 Å². The number of nitrogens with zero attached hydrogens (tertiary/aromatic N) is 2.